The van der Waals surface area contributed by atoms with Crippen molar-refractivity contribution in [2.45, 2.75) is 6.42 Å². The van der Waals surface area contributed by atoms with Crippen molar-refractivity contribution in [3.63, 3.8) is 0 Å². The van der Waals surface area contributed by atoms with Crippen LogP contribution in [0.15, 0.2) is 55.1 Å². The van der Waals surface area contributed by atoms with E-state index in [-0.39, 0.29) is 5.75 Å². The van der Waals surface area contributed by atoms with Gasteiger partial charge in [-0.05, 0) is 41.3 Å². The fraction of sp³-hybridized carbons (Fsp3) is 0.0667. The number of aromatic hydroxyl groups is 1. The highest BCUT2D eigenvalue weighted by molar-refractivity contribution is 5.68. The van der Waals surface area contributed by atoms with Crippen molar-refractivity contribution in [2.75, 3.05) is 0 Å². The zero-order valence-electron chi connectivity index (χ0n) is 8.98. The molecule has 0 bridgehead atoms. The Bertz CT molecular complexity index is 483. The van der Waals surface area contributed by atoms with Gasteiger partial charge in [-0.1, -0.05) is 36.4 Å². The molecule has 0 heterocycles. The second-order valence-electron chi connectivity index (χ2n) is 3.62. The highest BCUT2D eigenvalue weighted by Crippen LogP contribution is 2.25. The Hall–Kier alpha value is -2.02. The molecule has 2 aromatic rings. The Kier molecular flexibility index (Phi) is 3.06. The molecule has 2 aromatic carbocycles. The fourth-order valence-electron chi connectivity index (χ4n) is 1.71. The van der Waals surface area contributed by atoms with Gasteiger partial charge in [-0.15, -0.1) is 6.58 Å². The summed E-state index contributed by atoms with van der Waals surface area (Å²) in [6.07, 6.45) is 2.71. The van der Waals surface area contributed by atoms with Gasteiger partial charge in [0.05, 0.1) is 0 Å². The normalized spacial score (nSPS) is 10.0. The van der Waals surface area contributed by atoms with E-state index in [1.54, 1.807) is 12.1 Å². The number of allylic oxidation sites excluding steroid dienone is 1. The number of phenols is 1. The van der Waals surface area contributed by atoms with Crippen molar-refractivity contribution in [1.29, 1.82) is 0 Å². The summed E-state index contributed by atoms with van der Waals surface area (Å²) in [6.45, 7) is 3.75. The monoisotopic (exact) mass is 209 g/mol. The highest BCUT2D eigenvalue weighted by Gasteiger charge is 2.02. The van der Waals surface area contributed by atoms with E-state index in [0.29, 0.717) is 0 Å². The van der Waals surface area contributed by atoms with Crippen molar-refractivity contribution in [2.24, 2.45) is 0 Å². The summed E-state index contributed by atoms with van der Waals surface area (Å²) in [7, 11) is 0. The van der Waals surface area contributed by atoms with Crippen LogP contribution in [0.1, 0.15) is 5.56 Å². The van der Waals surface area contributed by atoms with Crippen molar-refractivity contribution in [3.8, 4) is 16.9 Å². The molecular weight excluding hydrogens is 196 g/mol. The molecule has 0 fully saturated rings. The van der Waals surface area contributed by atoms with Gasteiger partial charge in [0.15, 0.2) is 0 Å². The van der Waals surface area contributed by atoms with Crippen molar-refractivity contribution >= 4 is 0 Å². The molecule has 0 unspecified atom stereocenters. The van der Waals surface area contributed by atoms with Gasteiger partial charge in [0.1, 0.15) is 5.75 Å². The van der Waals surface area contributed by atoms with Gasteiger partial charge in [0.2, 0.25) is 0 Å². The minimum Gasteiger partial charge on any atom is -0.508 e. The first-order valence-electron chi connectivity index (χ1n) is 5.20. The van der Waals surface area contributed by atoms with E-state index in [9.17, 15) is 5.11 Å². The maximum absolute atomic E-state index is 9.25. The Morgan fingerprint density at radius 2 is 1.94 bits per heavy atom. The van der Waals surface area contributed by atoms with E-state index < -0.39 is 0 Å². The molecule has 2 rings (SSSR count). The molecule has 79 valence electrons. The lowest BCUT2D eigenvalue weighted by Gasteiger charge is -2.07. The third-order valence-corrected chi connectivity index (χ3v) is 2.49. The molecule has 1 N–H and O–H groups in total. The molecule has 1 heteroatoms. The van der Waals surface area contributed by atoms with Crippen LogP contribution in [0.5, 0.6) is 5.75 Å². The van der Waals surface area contributed by atoms with Gasteiger partial charge >= 0.3 is 0 Å². The van der Waals surface area contributed by atoms with Crippen LogP contribution in [0, 0.1) is 6.07 Å². The zero-order valence-corrected chi connectivity index (χ0v) is 8.98. The van der Waals surface area contributed by atoms with Gasteiger partial charge in [-0.3, -0.25) is 0 Å². The first-order chi connectivity index (χ1) is 7.81. The van der Waals surface area contributed by atoms with E-state index in [1.165, 1.54) is 11.1 Å². The second kappa shape index (κ2) is 4.67. The summed E-state index contributed by atoms with van der Waals surface area (Å²) in [5, 5.41) is 9.25. The minimum absolute atomic E-state index is 0.288. The molecule has 0 atom stereocenters. The van der Waals surface area contributed by atoms with Crippen molar-refractivity contribution in [3.05, 3.63) is 66.7 Å². The lowest BCUT2D eigenvalue weighted by Crippen LogP contribution is -1.87. The molecule has 1 nitrogen and oxygen atoms in total. The third-order valence-electron chi connectivity index (χ3n) is 2.49. The lowest BCUT2D eigenvalue weighted by molar-refractivity contribution is 0.475. The van der Waals surface area contributed by atoms with Gasteiger partial charge in [0.25, 0.3) is 0 Å². The molecule has 0 aliphatic carbocycles. The number of hydrogen-bond donors (Lipinski definition) is 1. The number of phenolic OH excluding ortho intramolecular Hbond substituents is 1. The number of benzene rings is 2. The smallest absolute Gasteiger partial charge is 0.115 e. The van der Waals surface area contributed by atoms with Crippen LogP contribution in [0.4, 0.5) is 0 Å². The highest BCUT2D eigenvalue weighted by atomic mass is 16.3. The van der Waals surface area contributed by atoms with Crippen molar-refractivity contribution < 1.29 is 5.11 Å². The van der Waals surface area contributed by atoms with E-state index >= 15 is 0 Å². The molecule has 0 saturated carbocycles. The van der Waals surface area contributed by atoms with E-state index in [1.807, 2.05) is 36.4 Å². The Morgan fingerprint density at radius 1 is 1.19 bits per heavy atom. The van der Waals surface area contributed by atoms with E-state index in [0.717, 1.165) is 12.0 Å². The number of rotatable bonds is 3. The molecule has 0 aliphatic heterocycles. The average molecular weight is 209 g/mol. The summed E-state index contributed by atoms with van der Waals surface area (Å²) >= 11 is 0. The number of hydrogen-bond acceptors (Lipinski definition) is 1. The Labute approximate surface area is 95.7 Å². The molecule has 0 aliphatic rings. The van der Waals surface area contributed by atoms with Crippen LogP contribution >= 0.6 is 0 Å². The topological polar surface area (TPSA) is 20.2 Å². The maximum Gasteiger partial charge on any atom is 0.115 e. The fourth-order valence-corrected chi connectivity index (χ4v) is 1.71. The molecular formula is C15H13O. The standard InChI is InChI=1S/C15H13O/c1-2-5-12-6-3-4-7-15(12)13-8-10-14(16)11-9-13/h2,4,6-11,16H,1,5H2. The largest absolute Gasteiger partial charge is 0.508 e. The van der Waals surface area contributed by atoms with Gasteiger partial charge in [-0.2, -0.15) is 0 Å². The van der Waals surface area contributed by atoms with Crippen LogP contribution in [0.25, 0.3) is 11.1 Å². The summed E-state index contributed by atoms with van der Waals surface area (Å²) in [4.78, 5) is 0. The van der Waals surface area contributed by atoms with E-state index in [2.05, 4.69) is 12.6 Å². The summed E-state index contributed by atoms with van der Waals surface area (Å²) in [5.74, 6) is 0.288. The second-order valence-corrected chi connectivity index (χ2v) is 3.62. The van der Waals surface area contributed by atoms with Gasteiger partial charge in [-0.25, -0.2) is 0 Å². The zero-order chi connectivity index (χ0) is 11.4. The van der Waals surface area contributed by atoms with Crippen LogP contribution in [-0.4, -0.2) is 5.11 Å². The first kappa shape index (κ1) is 10.5. The molecule has 0 spiro atoms. The van der Waals surface area contributed by atoms with Crippen LogP contribution in [0.3, 0.4) is 0 Å². The quantitative estimate of drug-likeness (QED) is 0.766. The molecule has 1 radical (unpaired) electrons. The van der Waals surface area contributed by atoms with Gasteiger partial charge < -0.3 is 5.11 Å². The van der Waals surface area contributed by atoms with Crippen LogP contribution in [-0.2, 0) is 6.42 Å². The minimum atomic E-state index is 0.288. The van der Waals surface area contributed by atoms with Crippen LogP contribution in [0.2, 0.25) is 0 Å². The molecule has 0 aromatic heterocycles. The molecule has 0 saturated heterocycles. The summed E-state index contributed by atoms with van der Waals surface area (Å²) in [6, 6.07) is 16.2. The van der Waals surface area contributed by atoms with Gasteiger partial charge in [0, 0.05) is 0 Å². The summed E-state index contributed by atoms with van der Waals surface area (Å²) < 4.78 is 0. The maximum atomic E-state index is 9.25. The third kappa shape index (κ3) is 2.14. The predicted molar refractivity (Wildman–Crippen MR) is 66.3 cm³/mol. The molecule has 0 amide bonds. The summed E-state index contributed by atoms with van der Waals surface area (Å²) in [5.41, 5.74) is 3.46. The van der Waals surface area contributed by atoms with Crippen LogP contribution < -0.4 is 0 Å². The van der Waals surface area contributed by atoms with E-state index in [4.69, 9.17) is 0 Å². The SMILES string of the molecule is C=CCc1c[c]ccc1-c1ccc(O)cc1. The Balaban J connectivity index is 2.46. The lowest BCUT2D eigenvalue weighted by atomic mass is 9.98. The molecule has 16 heavy (non-hydrogen) atoms. The first-order valence-corrected chi connectivity index (χ1v) is 5.20. The Morgan fingerprint density at radius 3 is 2.62 bits per heavy atom. The predicted octanol–water partition coefficient (Wildman–Crippen LogP) is 3.59. The average Bonchev–Trinajstić information content (AvgIpc) is 2.32. The van der Waals surface area contributed by atoms with Crippen molar-refractivity contribution in [1.82, 2.24) is 0 Å².